The summed E-state index contributed by atoms with van der Waals surface area (Å²) in [6.45, 7) is 0. The van der Waals surface area contributed by atoms with Crippen LogP contribution < -0.4 is 4.74 Å². The highest BCUT2D eigenvalue weighted by atomic mass is 79.9. The van der Waals surface area contributed by atoms with Gasteiger partial charge in [-0.15, -0.1) is 0 Å². The molecule has 0 saturated carbocycles. The quantitative estimate of drug-likeness (QED) is 0.942. The first kappa shape index (κ1) is 12.6. The summed E-state index contributed by atoms with van der Waals surface area (Å²) in [5, 5.41) is 12.1. The molecule has 0 unspecified atom stereocenters. The molecule has 94 valence electrons. The first-order valence-corrected chi connectivity index (χ1v) is 5.56. The van der Waals surface area contributed by atoms with Crippen LogP contribution in [0.1, 0.15) is 10.5 Å². The zero-order chi connectivity index (χ0) is 13.3. The van der Waals surface area contributed by atoms with Crippen molar-refractivity contribution in [2.75, 3.05) is 7.11 Å². The van der Waals surface area contributed by atoms with Crippen LogP contribution in [-0.4, -0.2) is 23.3 Å². The number of carboxylic acids is 1. The molecule has 7 heteroatoms. The fraction of sp³-hybridized carbons (Fsp3) is 0.0909. The fourth-order valence-corrected chi connectivity index (χ4v) is 1.94. The van der Waals surface area contributed by atoms with E-state index in [0.717, 1.165) is 0 Å². The van der Waals surface area contributed by atoms with Crippen LogP contribution in [0, 0.1) is 5.82 Å². The van der Waals surface area contributed by atoms with Crippen molar-refractivity contribution >= 4 is 21.9 Å². The number of benzene rings is 1. The van der Waals surface area contributed by atoms with E-state index in [1.807, 2.05) is 0 Å². The second-order valence-corrected chi connectivity index (χ2v) is 4.12. The molecular weight excluding hydrogens is 309 g/mol. The van der Waals surface area contributed by atoms with E-state index in [-0.39, 0.29) is 21.7 Å². The number of aromatic nitrogens is 1. The summed E-state index contributed by atoms with van der Waals surface area (Å²) < 4.78 is 23.4. The Bertz CT molecular complexity index is 611. The molecule has 1 aromatic carbocycles. The SMILES string of the molecule is COc1c(-c2cc(C(=O)O)no2)ccc(F)c1Br. The molecule has 1 heterocycles. The number of ether oxygens (including phenoxy) is 1. The molecule has 5 nitrogen and oxygen atoms in total. The monoisotopic (exact) mass is 315 g/mol. The Kier molecular flexibility index (Phi) is 3.33. The van der Waals surface area contributed by atoms with Gasteiger partial charge >= 0.3 is 5.97 Å². The maximum atomic E-state index is 13.3. The summed E-state index contributed by atoms with van der Waals surface area (Å²) in [6.07, 6.45) is 0. The molecule has 18 heavy (non-hydrogen) atoms. The first-order valence-electron chi connectivity index (χ1n) is 4.77. The zero-order valence-corrected chi connectivity index (χ0v) is 10.7. The summed E-state index contributed by atoms with van der Waals surface area (Å²) in [5.74, 6) is -1.30. The molecular formula is C11H7BrFNO4. The Morgan fingerprint density at radius 3 is 2.83 bits per heavy atom. The van der Waals surface area contributed by atoms with E-state index in [2.05, 4.69) is 21.1 Å². The maximum absolute atomic E-state index is 13.3. The predicted molar refractivity (Wildman–Crippen MR) is 63.1 cm³/mol. The van der Waals surface area contributed by atoms with E-state index in [1.165, 1.54) is 25.3 Å². The Morgan fingerprint density at radius 2 is 2.28 bits per heavy atom. The molecule has 0 spiro atoms. The normalized spacial score (nSPS) is 10.4. The van der Waals surface area contributed by atoms with Gasteiger partial charge in [0.1, 0.15) is 11.6 Å². The van der Waals surface area contributed by atoms with E-state index in [0.29, 0.717) is 5.56 Å². The smallest absolute Gasteiger partial charge is 0.358 e. The number of aromatic carboxylic acids is 1. The molecule has 0 radical (unpaired) electrons. The molecule has 0 aliphatic carbocycles. The lowest BCUT2D eigenvalue weighted by Gasteiger charge is -2.08. The van der Waals surface area contributed by atoms with Gasteiger partial charge in [0.15, 0.2) is 11.5 Å². The Balaban J connectivity index is 2.56. The third-order valence-corrected chi connectivity index (χ3v) is 2.99. The minimum atomic E-state index is -1.20. The minimum Gasteiger partial charge on any atom is -0.495 e. The van der Waals surface area contributed by atoms with Crippen molar-refractivity contribution in [2.24, 2.45) is 0 Å². The van der Waals surface area contributed by atoms with Gasteiger partial charge in [0.05, 0.1) is 17.1 Å². The molecule has 0 aliphatic heterocycles. The van der Waals surface area contributed by atoms with E-state index >= 15 is 0 Å². The standard InChI is InChI=1S/C11H7BrFNO4/c1-17-10-5(2-3-6(13)9(10)12)8-4-7(11(15)16)14-18-8/h2-4H,1H3,(H,15,16). The van der Waals surface area contributed by atoms with E-state index in [1.54, 1.807) is 0 Å². The molecule has 2 rings (SSSR count). The summed E-state index contributed by atoms with van der Waals surface area (Å²) >= 11 is 3.05. The van der Waals surface area contributed by atoms with Crippen LogP contribution >= 0.6 is 15.9 Å². The molecule has 0 fully saturated rings. The number of carbonyl (C=O) groups is 1. The lowest BCUT2D eigenvalue weighted by molar-refractivity contribution is 0.0686. The molecule has 1 N–H and O–H groups in total. The Hall–Kier alpha value is -1.89. The van der Waals surface area contributed by atoms with E-state index < -0.39 is 11.8 Å². The van der Waals surface area contributed by atoms with Crippen molar-refractivity contribution in [3.05, 3.63) is 34.2 Å². The second-order valence-electron chi connectivity index (χ2n) is 3.32. The number of rotatable bonds is 3. The fourth-order valence-electron chi connectivity index (χ4n) is 1.43. The van der Waals surface area contributed by atoms with Gasteiger partial charge in [-0.2, -0.15) is 0 Å². The van der Waals surface area contributed by atoms with Gasteiger partial charge in [-0.05, 0) is 28.1 Å². The van der Waals surface area contributed by atoms with Crippen LogP contribution in [0.4, 0.5) is 4.39 Å². The molecule has 0 bridgehead atoms. The molecule has 1 aromatic heterocycles. The number of hydrogen-bond acceptors (Lipinski definition) is 4. The average Bonchev–Trinajstić information content (AvgIpc) is 2.82. The number of halogens is 2. The highest BCUT2D eigenvalue weighted by molar-refractivity contribution is 9.10. The van der Waals surface area contributed by atoms with Crippen LogP contribution in [-0.2, 0) is 0 Å². The number of nitrogens with zero attached hydrogens (tertiary/aromatic N) is 1. The summed E-state index contributed by atoms with van der Waals surface area (Å²) in [7, 11) is 1.37. The van der Waals surface area contributed by atoms with Gasteiger partial charge in [-0.1, -0.05) is 5.16 Å². The number of carboxylic acid groups (broad SMARTS) is 1. The van der Waals surface area contributed by atoms with Gasteiger partial charge in [0, 0.05) is 6.07 Å². The van der Waals surface area contributed by atoms with Crippen molar-refractivity contribution in [3.8, 4) is 17.1 Å². The van der Waals surface area contributed by atoms with Crippen molar-refractivity contribution in [2.45, 2.75) is 0 Å². The van der Waals surface area contributed by atoms with Crippen LogP contribution in [0.15, 0.2) is 27.2 Å². The highest BCUT2D eigenvalue weighted by Gasteiger charge is 2.19. The molecule has 0 amide bonds. The third-order valence-electron chi connectivity index (χ3n) is 2.25. The third kappa shape index (κ3) is 2.08. The topological polar surface area (TPSA) is 72.6 Å². The van der Waals surface area contributed by atoms with Gasteiger partial charge in [0.2, 0.25) is 0 Å². The van der Waals surface area contributed by atoms with E-state index in [9.17, 15) is 9.18 Å². The minimum absolute atomic E-state index is 0.135. The Labute approximate surface area is 109 Å². The van der Waals surface area contributed by atoms with Crippen LogP contribution in [0.5, 0.6) is 5.75 Å². The maximum Gasteiger partial charge on any atom is 0.358 e. The van der Waals surface area contributed by atoms with Crippen molar-refractivity contribution in [1.82, 2.24) is 5.16 Å². The molecule has 0 atom stereocenters. The molecule has 0 aliphatic rings. The first-order chi connectivity index (χ1) is 8.54. The largest absolute Gasteiger partial charge is 0.495 e. The van der Waals surface area contributed by atoms with Crippen LogP contribution in [0.2, 0.25) is 0 Å². The van der Waals surface area contributed by atoms with Crippen LogP contribution in [0.3, 0.4) is 0 Å². The van der Waals surface area contributed by atoms with E-state index in [4.69, 9.17) is 14.4 Å². The van der Waals surface area contributed by atoms with Crippen molar-refractivity contribution in [1.29, 1.82) is 0 Å². The Morgan fingerprint density at radius 1 is 1.56 bits per heavy atom. The summed E-state index contributed by atoms with van der Waals surface area (Å²) in [6, 6.07) is 3.88. The second kappa shape index (κ2) is 4.77. The van der Waals surface area contributed by atoms with Gasteiger partial charge in [0.25, 0.3) is 0 Å². The molecule has 0 saturated heterocycles. The van der Waals surface area contributed by atoms with Crippen LogP contribution in [0.25, 0.3) is 11.3 Å². The predicted octanol–water partition coefficient (Wildman–Crippen LogP) is 2.95. The zero-order valence-electron chi connectivity index (χ0n) is 9.11. The summed E-state index contributed by atoms with van der Waals surface area (Å²) in [5.41, 5.74) is 0.179. The molecule has 2 aromatic rings. The van der Waals surface area contributed by atoms with Gasteiger partial charge < -0.3 is 14.4 Å². The number of hydrogen-bond donors (Lipinski definition) is 1. The van der Waals surface area contributed by atoms with Gasteiger partial charge in [-0.3, -0.25) is 0 Å². The lowest BCUT2D eigenvalue weighted by Crippen LogP contribution is -1.94. The van der Waals surface area contributed by atoms with Gasteiger partial charge in [-0.25, -0.2) is 9.18 Å². The lowest BCUT2D eigenvalue weighted by atomic mass is 10.1. The van der Waals surface area contributed by atoms with Crippen molar-refractivity contribution < 1.29 is 23.6 Å². The highest BCUT2D eigenvalue weighted by Crippen LogP contribution is 2.38. The average molecular weight is 316 g/mol. The summed E-state index contributed by atoms with van der Waals surface area (Å²) in [4.78, 5) is 10.7. The number of methoxy groups -OCH3 is 1. The van der Waals surface area contributed by atoms with Crippen molar-refractivity contribution in [3.63, 3.8) is 0 Å².